The van der Waals surface area contributed by atoms with E-state index in [4.69, 9.17) is 17.3 Å². The van der Waals surface area contributed by atoms with E-state index in [9.17, 15) is 0 Å². The van der Waals surface area contributed by atoms with Crippen molar-refractivity contribution in [2.45, 2.75) is 45.6 Å². The summed E-state index contributed by atoms with van der Waals surface area (Å²) in [5, 5.41) is 1.65. The van der Waals surface area contributed by atoms with E-state index in [0.717, 1.165) is 31.4 Å². The average Bonchev–Trinajstić information content (AvgIpc) is 2.14. The summed E-state index contributed by atoms with van der Waals surface area (Å²) >= 11 is 0. The third-order valence-electron chi connectivity index (χ3n) is 2.25. The van der Waals surface area contributed by atoms with E-state index in [1.807, 2.05) is 6.92 Å². The van der Waals surface area contributed by atoms with Gasteiger partial charge in [0.2, 0.25) is 0 Å². The van der Waals surface area contributed by atoms with Crippen molar-refractivity contribution in [1.29, 1.82) is 0 Å². The maximum atomic E-state index is 5.84. The van der Waals surface area contributed by atoms with Crippen LogP contribution < -0.4 is 17.3 Å². The molecular formula is C11H24N4. The fraction of sp³-hybridized carbons (Fsp3) is 0.636. The predicted octanol–water partition coefficient (Wildman–Crippen LogP) is 1.40. The van der Waals surface area contributed by atoms with E-state index >= 15 is 0 Å². The minimum atomic E-state index is 0.223. The van der Waals surface area contributed by atoms with Gasteiger partial charge in [-0.1, -0.05) is 19.9 Å². The van der Waals surface area contributed by atoms with Crippen LogP contribution in [0.25, 0.3) is 0 Å². The molecule has 0 saturated heterocycles. The van der Waals surface area contributed by atoms with Crippen LogP contribution in [0.15, 0.2) is 24.2 Å². The van der Waals surface area contributed by atoms with E-state index in [-0.39, 0.29) is 6.04 Å². The molecule has 4 heteroatoms. The monoisotopic (exact) mass is 212 g/mol. The van der Waals surface area contributed by atoms with Crippen LogP contribution in [0.1, 0.15) is 39.5 Å². The summed E-state index contributed by atoms with van der Waals surface area (Å²) in [5.41, 5.74) is 12.8. The van der Waals surface area contributed by atoms with Gasteiger partial charge in [-0.2, -0.15) is 0 Å². The zero-order valence-corrected chi connectivity index (χ0v) is 9.87. The molecule has 0 rings (SSSR count). The molecule has 0 heterocycles. The summed E-state index contributed by atoms with van der Waals surface area (Å²) in [6.45, 7) is 7.78. The van der Waals surface area contributed by atoms with Gasteiger partial charge >= 0.3 is 0 Å². The molecule has 0 spiro atoms. The summed E-state index contributed by atoms with van der Waals surface area (Å²) < 4.78 is 0. The van der Waals surface area contributed by atoms with Crippen LogP contribution in [0.3, 0.4) is 0 Å². The molecule has 0 bridgehead atoms. The molecule has 0 amide bonds. The minimum Gasteiger partial charge on any atom is -0.403 e. The maximum absolute atomic E-state index is 5.84. The summed E-state index contributed by atoms with van der Waals surface area (Å²) in [6.07, 6.45) is 5.39. The lowest BCUT2D eigenvalue weighted by atomic mass is 10.1. The highest BCUT2D eigenvalue weighted by atomic mass is 15.4. The van der Waals surface area contributed by atoms with Crippen molar-refractivity contribution in [3.63, 3.8) is 0 Å². The Hall–Kier alpha value is -1.16. The van der Waals surface area contributed by atoms with E-state index in [2.05, 4.69) is 13.5 Å². The molecule has 0 aromatic rings. The highest BCUT2D eigenvalue weighted by Crippen LogP contribution is 2.07. The summed E-state index contributed by atoms with van der Waals surface area (Å²) in [4.78, 5) is 0. The SMILES string of the molecule is C=C(N)CCC(C)N(N)/C=C(\N)CCC. The average molecular weight is 212 g/mol. The van der Waals surface area contributed by atoms with Crippen molar-refractivity contribution in [3.05, 3.63) is 24.2 Å². The fourth-order valence-electron chi connectivity index (χ4n) is 1.22. The van der Waals surface area contributed by atoms with Crippen molar-refractivity contribution in [3.8, 4) is 0 Å². The molecule has 0 aromatic heterocycles. The molecule has 88 valence electrons. The fourth-order valence-corrected chi connectivity index (χ4v) is 1.22. The van der Waals surface area contributed by atoms with Crippen LogP contribution in [0.4, 0.5) is 0 Å². The zero-order chi connectivity index (χ0) is 11.8. The normalized spacial score (nSPS) is 13.7. The second kappa shape index (κ2) is 7.17. The van der Waals surface area contributed by atoms with Crippen molar-refractivity contribution in [2.24, 2.45) is 17.3 Å². The lowest BCUT2D eigenvalue weighted by Gasteiger charge is -2.23. The summed E-state index contributed by atoms with van der Waals surface area (Å²) in [7, 11) is 0. The molecule has 1 unspecified atom stereocenters. The molecule has 0 fully saturated rings. The number of hydrogen-bond donors (Lipinski definition) is 3. The van der Waals surface area contributed by atoms with Crippen molar-refractivity contribution < 1.29 is 0 Å². The molecule has 0 aliphatic carbocycles. The largest absolute Gasteiger partial charge is 0.403 e. The minimum absolute atomic E-state index is 0.223. The van der Waals surface area contributed by atoms with Crippen molar-refractivity contribution in [1.82, 2.24) is 5.01 Å². The van der Waals surface area contributed by atoms with Crippen LogP contribution in [-0.2, 0) is 0 Å². The molecular weight excluding hydrogens is 188 g/mol. The Balaban J connectivity index is 4.02. The van der Waals surface area contributed by atoms with Gasteiger partial charge in [0.1, 0.15) is 0 Å². The van der Waals surface area contributed by atoms with Crippen LogP contribution in [-0.4, -0.2) is 11.1 Å². The molecule has 1 atom stereocenters. The second-order valence-corrected chi connectivity index (χ2v) is 3.95. The van der Waals surface area contributed by atoms with Gasteiger partial charge in [-0.05, 0) is 26.2 Å². The number of rotatable bonds is 7. The summed E-state index contributed by atoms with van der Waals surface area (Å²) in [5.74, 6) is 5.84. The molecule has 0 aliphatic heterocycles. The molecule has 15 heavy (non-hydrogen) atoms. The van der Waals surface area contributed by atoms with Gasteiger partial charge in [-0.25, -0.2) is 5.84 Å². The third-order valence-corrected chi connectivity index (χ3v) is 2.25. The number of hydrogen-bond acceptors (Lipinski definition) is 4. The lowest BCUT2D eigenvalue weighted by Crippen LogP contribution is -2.35. The standard InChI is InChI=1S/C11H24N4/c1-4-5-11(13)8-15(14)10(3)7-6-9(2)12/h8,10H,2,4-7,12-14H2,1,3H3/b11-8-. The highest BCUT2D eigenvalue weighted by Gasteiger charge is 2.06. The number of nitrogens with zero attached hydrogens (tertiary/aromatic N) is 1. The second-order valence-electron chi connectivity index (χ2n) is 3.95. The topological polar surface area (TPSA) is 81.3 Å². The van der Waals surface area contributed by atoms with Gasteiger partial charge in [0, 0.05) is 23.6 Å². The van der Waals surface area contributed by atoms with Crippen LogP contribution >= 0.6 is 0 Å². The molecule has 0 radical (unpaired) electrons. The van der Waals surface area contributed by atoms with Crippen LogP contribution in [0, 0.1) is 0 Å². The van der Waals surface area contributed by atoms with Gasteiger partial charge in [-0.15, -0.1) is 0 Å². The first-order valence-corrected chi connectivity index (χ1v) is 5.39. The van der Waals surface area contributed by atoms with Crippen molar-refractivity contribution >= 4 is 0 Å². The summed E-state index contributed by atoms with van der Waals surface area (Å²) in [6, 6.07) is 0.223. The van der Waals surface area contributed by atoms with E-state index in [0.29, 0.717) is 5.70 Å². The third kappa shape index (κ3) is 6.85. The Morgan fingerprint density at radius 3 is 2.47 bits per heavy atom. The van der Waals surface area contributed by atoms with Gasteiger partial charge in [0.25, 0.3) is 0 Å². The highest BCUT2D eigenvalue weighted by molar-refractivity contribution is 4.96. The maximum Gasteiger partial charge on any atom is 0.0422 e. The van der Waals surface area contributed by atoms with Crippen LogP contribution in [0.5, 0.6) is 0 Å². The quantitative estimate of drug-likeness (QED) is 0.440. The Labute approximate surface area is 92.8 Å². The predicted molar refractivity (Wildman–Crippen MR) is 65.2 cm³/mol. The van der Waals surface area contributed by atoms with Crippen molar-refractivity contribution in [2.75, 3.05) is 0 Å². The van der Waals surface area contributed by atoms with Gasteiger partial charge in [0.05, 0.1) is 0 Å². The Morgan fingerprint density at radius 1 is 1.40 bits per heavy atom. The Bertz CT molecular complexity index is 223. The smallest absolute Gasteiger partial charge is 0.0422 e. The number of hydrazine groups is 1. The van der Waals surface area contributed by atoms with E-state index in [1.165, 1.54) is 0 Å². The lowest BCUT2D eigenvalue weighted by molar-refractivity contribution is 0.285. The molecule has 4 nitrogen and oxygen atoms in total. The first kappa shape index (κ1) is 13.8. The molecule has 0 saturated carbocycles. The Morgan fingerprint density at radius 2 is 2.00 bits per heavy atom. The van der Waals surface area contributed by atoms with Gasteiger partial charge < -0.3 is 16.5 Å². The molecule has 6 N–H and O–H groups in total. The number of allylic oxidation sites excluding steroid dienone is 2. The van der Waals surface area contributed by atoms with Crippen LogP contribution in [0.2, 0.25) is 0 Å². The zero-order valence-electron chi connectivity index (χ0n) is 9.87. The Kier molecular flexibility index (Phi) is 6.62. The first-order chi connectivity index (χ1) is 6.97. The van der Waals surface area contributed by atoms with Gasteiger partial charge in [-0.3, -0.25) is 0 Å². The van der Waals surface area contributed by atoms with E-state index < -0.39 is 0 Å². The van der Waals surface area contributed by atoms with E-state index in [1.54, 1.807) is 11.2 Å². The molecule has 0 aromatic carbocycles. The van der Waals surface area contributed by atoms with Gasteiger partial charge in [0.15, 0.2) is 0 Å². The first-order valence-electron chi connectivity index (χ1n) is 5.39. The number of nitrogens with two attached hydrogens (primary N) is 3. The molecule has 0 aliphatic rings.